The molecule has 3 N–H and O–H groups in total. The largest absolute Gasteiger partial charge is 0.444 e. The van der Waals surface area contributed by atoms with Crippen LogP contribution in [0.15, 0.2) is 0 Å². The molecular weight excluding hydrogens is 208 g/mol. The minimum atomic E-state index is -0.657. The minimum absolute atomic E-state index is 0.171. The molecule has 5 nitrogen and oxygen atoms in total. The van der Waals surface area contributed by atoms with Crippen molar-refractivity contribution in [2.75, 3.05) is 13.1 Å². The number of rotatable bonds is 2. The van der Waals surface area contributed by atoms with E-state index < -0.39 is 11.7 Å². The van der Waals surface area contributed by atoms with Crippen molar-refractivity contribution in [3.63, 3.8) is 0 Å². The molecule has 0 aliphatic carbocycles. The fourth-order valence-electron chi connectivity index (χ4n) is 1.90. The van der Waals surface area contributed by atoms with Crippen LogP contribution < -0.4 is 5.73 Å². The summed E-state index contributed by atoms with van der Waals surface area (Å²) in [6, 6.07) is -0.195. The van der Waals surface area contributed by atoms with Gasteiger partial charge < -0.3 is 20.5 Å². The highest BCUT2D eigenvalue weighted by Gasteiger charge is 2.35. The summed E-state index contributed by atoms with van der Waals surface area (Å²) < 4.78 is 5.28. The van der Waals surface area contributed by atoms with Crippen LogP contribution in [0.5, 0.6) is 0 Å². The van der Waals surface area contributed by atoms with Crippen molar-refractivity contribution in [2.24, 2.45) is 5.73 Å². The molecule has 1 heterocycles. The van der Waals surface area contributed by atoms with Crippen LogP contribution in [-0.4, -0.2) is 46.9 Å². The SMILES string of the molecule is CC(C)(C)OC(=O)N1CCCC1C(O)CN. The second-order valence-corrected chi connectivity index (χ2v) is 5.19. The van der Waals surface area contributed by atoms with Gasteiger partial charge in [-0.15, -0.1) is 0 Å². The van der Waals surface area contributed by atoms with Crippen LogP contribution in [-0.2, 0) is 4.74 Å². The van der Waals surface area contributed by atoms with Gasteiger partial charge in [0.25, 0.3) is 0 Å². The second kappa shape index (κ2) is 5.01. The monoisotopic (exact) mass is 230 g/mol. The van der Waals surface area contributed by atoms with E-state index in [1.807, 2.05) is 20.8 Å². The Morgan fingerprint density at radius 2 is 2.25 bits per heavy atom. The summed E-state index contributed by atoms with van der Waals surface area (Å²) >= 11 is 0. The third kappa shape index (κ3) is 3.35. The van der Waals surface area contributed by atoms with Gasteiger partial charge in [-0.05, 0) is 33.6 Å². The molecule has 0 radical (unpaired) electrons. The number of amides is 1. The molecule has 1 rings (SSSR count). The summed E-state index contributed by atoms with van der Waals surface area (Å²) in [5, 5.41) is 9.70. The standard InChI is InChI=1S/C11H22N2O3/c1-11(2,3)16-10(15)13-6-4-5-8(13)9(14)7-12/h8-9,14H,4-7,12H2,1-3H3. The predicted molar refractivity (Wildman–Crippen MR) is 61.0 cm³/mol. The molecular formula is C11H22N2O3. The lowest BCUT2D eigenvalue weighted by Crippen LogP contribution is -2.47. The second-order valence-electron chi connectivity index (χ2n) is 5.19. The zero-order chi connectivity index (χ0) is 12.3. The van der Waals surface area contributed by atoms with Gasteiger partial charge in [0, 0.05) is 13.1 Å². The molecule has 0 aromatic carbocycles. The number of hydrogen-bond acceptors (Lipinski definition) is 4. The van der Waals surface area contributed by atoms with Crippen LogP contribution in [0.2, 0.25) is 0 Å². The number of aliphatic hydroxyl groups excluding tert-OH is 1. The van der Waals surface area contributed by atoms with E-state index >= 15 is 0 Å². The first-order chi connectivity index (χ1) is 7.35. The van der Waals surface area contributed by atoms with Crippen molar-refractivity contribution >= 4 is 6.09 Å². The first-order valence-electron chi connectivity index (χ1n) is 5.73. The molecule has 1 aliphatic rings. The average molecular weight is 230 g/mol. The zero-order valence-electron chi connectivity index (χ0n) is 10.3. The lowest BCUT2D eigenvalue weighted by molar-refractivity contribution is 0.00671. The van der Waals surface area contributed by atoms with Crippen LogP contribution in [0, 0.1) is 0 Å². The molecule has 0 saturated carbocycles. The number of carbonyl (C=O) groups excluding carboxylic acids is 1. The topological polar surface area (TPSA) is 75.8 Å². The Morgan fingerprint density at radius 1 is 1.62 bits per heavy atom. The van der Waals surface area contributed by atoms with E-state index in [-0.39, 0.29) is 18.7 Å². The van der Waals surface area contributed by atoms with Gasteiger partial charge in [-0.1, -0.05) is 0 Å². The van der Waals surface area contributed by atoms with Gasteiger partial charge >= 0.3 is 6.09 Å². The molecule has 2 unspecified atom stereocenters. The van der Waals surface area contributed by atoms with E-state index in [2.05, 4.69) is 0 Å². The Hall–Kier alpha value is -0.810. The smallest absolute Gasteiger partial charge is 0.410 e. The molecule has 1 saturated heterocycles. The molecule has 0 bridgehead atoms. The summed E-state index contributed by atoms with van der Waals surface area (Å²) in [5.74, 6) is 0. The molecule has 2 atom stereocenters. The molecule has 94 valence electrons. The Kier molecular flexibility index (Phi) is 4.15. The Bertz CT molecular complexity index is 250. The highest BCUT2D eigenvalue weighted by atomic mass is 16.6. The fourth-order valence-corrected chi connectivity index (χ4v) is 1.90. The molecule has 1 fully saturated rings. The van der Waals surface area contributed by atoms with E-state index in [9.17, 15) is 9.90 Å². The third-order valence-corrected chi connectivity index (χ3v) is 2.61. The van der Waals surface area contributed by atoms with Crippen LogP contribution >= 0.6 is 0 Å². The average Bonchev–Trinajstić information content (AvgIpc) is 2.62. The normalized spacial score (nSPS) is 23.3. The maximum Gasteiger partial charge on any atom is 0.410 e. The van der Waals surface area contributed by atoms with E-state index in [0.717, 1.165) is 12.8 Å². The third-order valence-electron chi connectivity index (χ3n) is 2.61. The van der Waals surface area contributed by atoms with Crippen molar-refractivity contribution in [1.82, 2.24) is 4.90 Å². The first kappa shape index (κ1) is 13.3. The van der Waals surface area contributed by atoms with Gasteiger partial charge in [0.05, 0.1) is 12.1 Å². The Morgan fingerprint density at radius 3 is 2.75 bits per heavy atom. The summed E-state index contributed by atoms with van der Waals surface area (Å²) in [4.78, 5) is 13.4. The summed E-state index contributed by atoms with van der Waals surface area (Å²) in [6.45, 7) is 6.29. The predicted octanol–water partition coefficient (Wildman–Crippen LogP) is 0.706. The van der Waals surface area contributed by atoms with Crippen molar-refractivity contribution in [3.05, 3.63) is 0 Å². The van der Waals surface area contributed by atoms with Crippen molar-refractivity contribution in [1.29, 1.82) is 0 Å². The van der Waals surface area contributed by atoms with Gasteiger partial charge in [0.1, 0.15) is 5.60 Å². The number of carbonyl (C=O) groups is 1. The molecule has 1 aliphatic heterocycles. The van der Waals surface area contributed by atoms with Crippen LogP contribution in [0.1, 0.15) is 33.6 Å². The van der Waals surface area contributed by atoms with Crippen LogP contribution in [0.25, 0.3) is 0 Å². The van der Waals surface area contributed by atoms with Gasteiger partial charge in [-0.25, -0.2) is 4.79 Å². The summed E-state index contributed by atoms with van der Waals surface area (Å²) in [5.41, 5.74) is 4.91. The van der Waals surface area contributed by atoms with E-state index in [4.69, 9.17) is 10.5 Å². The van der Waals surface area contributed by atoms with Gasteiger partial charge in [-0.2, -0.15) is 0 Å². The van der Waals surface area contributed by atoms with E-state index in [1.54, 1.807) is 4.90 Å². The van der Waals surface area contributed by atoms with E-state index in [1.165, 1.54) is 0 Å². The van der Waals surface area contributed by atoms with Crippen molar-refractivity contribution in [3.8, 4) is 0 Å². The highest BCUT2D eigenvalue weighted by Crippen LogP contribution is 2.22. The molecule has 16 heavy (non-hydrogen) atoms. The number of ether oxygens (including phenoxy) is 1. The number of likely N-dealkylation sites (tertiary alicyclic amines) is 1. The molecule has 5 heteroatoms. The molecule has 0 spiro atoms. The Labute approximate surface area is 96.6 Å². The quantitative estimate of drug-likeness (QED) is 0.732. The molecule has 1 amide bonds. The molecule has 0 aromatic heterocycles. The minimum Gasteiger partial charge on any atom is -0.444 e. The Balaban J connectivity index is 2.61. The van der Waals surface area contributed by atoms with E-state index in [0.29, 0.717) is 6.54 Å². The van der Waals surface area contributed by atoms with Gasteiger partial charge in [-0.3, -0.25) is 0 Å². The lowest BCUT2D eigenvalue weighted by atomic mass is 10.1. The highest BCUT2D eigenvalue weighted by molar-refractivity contribution is 5.69. The number of aliphatic hydroxyl groups is 1. The van der Waals surface area contributed by atoms with Gasteiger partial charge in [0.2, 0.25) is 0 Å². The first-order valence-corrected chi connectivity index (χ1v) is 5.73. The van der Waals surface area contributed by atoms with Crippen LogP contribution in [0.4, 0.5) is 4.79 Å². The number of nitrogens with zero attached hydrogens (tertiary/aromatic N) is 1. The summed E-state index contributed by atoms with van der Waals surface area (Å²) in [6.07, 6.45) is 0.663. The number of nitrogens with two attached hydrogens (primary N) is 1. The van der Waals surface area contributed by atoms with Crippen molar-refractivity contribution < 1.29 is 14.6 Å². The van der Waals surface area contributed by atoms with Crippen molar-refractivity contribution in [2.45, 2.75) is 51.4 Å². The van der Waals surface area contributed by atoms with Crippen LogP contribution in [0.3, 0.4) is 0 Å². The number of hydrogen-bond donors (Lipinski definition) is 2. The lowest BCUT2D eigenvalue weighted by Gasteiger charge is -2.30. The summed E-state index contributed by atoms with van der Waals surface area (Å²) in [7, 11) is 0. The maximum atomic E-state index is 11.8. The van der Waals surface area contributed by atoms with Gasteiger partial charge in [0.15, 0.2) is 0 Å². The fraction of sp³-hybridized carbons (Fsp3) is 0.909. The maximum absolute atomic E-state index is 11.8. The molecule has 0 aromatic rings. The zero-order valence-corrected chi connectivity index (χ0v) is 10.3.